The van der Waals surface area contributed by atoms with Crippen LogP contribution < -0.4 is 4.90 Å². The first-order valence-electron chi connectivity index (χ1n) is 17.2. The topological polar surface area (TPSA) is 33.4 Å². The number of nitrogens with zero attached hydrogens (tertiary/aromatic N) is 4. The first kappa shape index (κ1) is 29.2. The zero-order valence-electron chi connectivity index (χ0n) is 28.1. The number of hydrogen-bond acceptors (Lipinski definition) is 3. The average molecular weight is 633 g/mol. The fourth-order valence-electron chi connectivity index (χ4n) is 8.14. The second-order valence-corrected chi connectivity index (χ2v) is 13.1. The van der Waals surface area contributed by atoms with Crippen LogP contribution in [0.3, 0.4) is 0 Å². The van der Waals surface area contributed by atoms with Gasteiger partial charge in [-0.2, -0.15) is 0 Å². The first-order valence-corrected chi connectivity index (χ1v) is 17.2. The van der Waals surface area contributed by atoms with Gasteiger partial charge in [0.15, 0.2) is 0 Å². The van der Waals surface area contributed by atoms with Crippen LogP contribution in [0.15, 0.2) is 146 Å². The van der Waals surface area contributed by atoms with E-state index in [2.05, 4.69) is 154 Å². The van der Waals surface area contributed by atoms with E-state index in [-0.39, 0.29) is 5.41 Å². The van der Waals surface area contributed by atoms with Crippen molar-refractivity contribution >= 4 is 55.2 Å². The molecule has 9 aromatic rings. The van der Waals surface area contributed by atoms with E-state index in [1.54, 1.807) is 0 Å². The third kappa shape index (κ3) is 4.17. The lowest BCUT2D eigenvalue weighted by Crippen LogP contribution is -2.16. The number of para-hydroxylation sites is 1. The molecule has 4 aromatic heterocycles. The quantitative estimate of drug-likeness (QED) is 0.194. The van der Waals surface area contributed by atoms with Crippen LogP contribution >= 0.6 is 0 Å². The van der Waals surface area contributed by atoms with E-state index in [9.17, 15) is 0 Å². The summed E-state index contributed by atoms with van der Waals surface area (Å²) >= 11 is 0. The Labute approximate surface area is 286 Å². The lowest BCUT2D eigenvalue weighted by Gasteiger charge is -2.30. The van der Waals surface area contributed by atoms with Crippen LogP contribution in [0.5, 0.6) is 0 Å². The molecule has 10 rings (SSSR count). The molecule has 236 valence electrons. The van der Waals surface area contributed by atoms with Crippen molar-refractivity contribution in [3.05, 3.63) is 157 Å². The number of hydrogen-bond donors (Lipinski definition) is 0. The number of aromatic nitrogens is 3. The van der Waals surface area contributed by atoms with Crippen LogP contribution in [0.25, 0.3) is 60.3 Å². The van der Waals surface area contributed by atoms with Crippen LogP contribution in [0.1, 0.15) is 38.8 Å². The van der Waals surface area contributed by atoms with Gasteiger partial charge in [0.25, 0.3) is 0 Å². The average Bonchev–Trinajstić information content (AvgIpc) is 3.76. The van der Waals surface area contributed by atoms with E-state index in [0.717, 1.165) is 28.1 Å². The minimum atomic E-state index is -0.114. The normalized spacial score (nSPS) is 13.1. The van der Waals surface area contributed by atoms with Crippen molar-refractivity contribution in [3.8, 4) is 22.3 Å². The Balaban J connectivity index is 0.00000160. The molecule has 0 fully saturated rings. The maximum atomic E-state index is 4.52. The van der Waals surface area contributed by atoms with Gasteiger partial charge in [-0.25, -0.2) is 0 Å². The first-order chi connectivity index (χ1) is 24.1. The van der Waals surface area contributed by atoms with Crippen LogP contribution in [0.2, 0.25) is 0 Å². The van der Waals surface area contributed by atoms with Gasteiger partial charge in [0.2, 0.25) is 0 Å². The lowest BCUT2D eigenvalue weighted by molar-refractivity contribution is 0.660. The Hall–Kier alpha value is -6.00. The Bertz CT molecular complexity index is 2580. The van der Waals surface area contributed by atoms with Gasteiger partial charge in [-0.15, -0.1) is 0 Å². The van der Waals surface area contributed by atoms with Crippen molar-refractivity contribution in [2.75, 3.05) is 4.90 Å². The SMILES string of the molecule is CC.CC1(C)c2ccccc2-c2ccc(N(c3cc4c5ccncc5n5c6cnccc6c(c3)c45)c3ccccc3-c3ccccc3)cc21. The van der Waals surface area contributed by atoms with Gasteiger partial charge in [0.05, 0.1) is 34.6 Å². The Morgan fingerprint density at radius 3 is 1.82 bits per heavy atom. The number of rotatable bonds is 4. The molecule has 5 aromatic carbocycles. The summed E-state index contributed by atoms with van der Waals surface area (Å²) in [4.78, 5) is 11.5. The predicted octanol–water partition coefficient (Wildman–Crippen LogP) is 12.1. The summed E-state index contributed by atoms with van der Waals surface area (Å²) in [5.41, 5.74) is 14.4. The molecule has 4 nitrogen and oxygen atoms in total. The Kier molecular flexibility index (Phi) is 6.57. The van der Waals surface area contributed by atoms with Gasteiger partial charge in [0, 0.05) is 56.3 Å². The molecule has 0 aliphatic heterocycles. The summed E-state index contributed by atoms with van der Waals surface area (Å²) in [6.45, 7) is 8.70. The monoisotopic (exact) mass is 632 g/mol. The fraction of sp³-hybridized carbons (Fsp3) is 0.111. The molecule has 0 radical (unpaired) electrons. The van der Waals surface area contributed by atoms with Gasteiger partial charge in [-0.1, -0.05) is 107 Å². The fourth-order valence-corrected chi connectivity index (χ4v) is 8.14. The number of anilines is 3. The summed E-state index contributed by atoms with van der Waals surface area (Å²) in [6, 6.07) is 44.4. The highest BCUT2D eigenvalue weighted by molar-refractivity contribution is 6.24. The molecular formula is C45H36N4. The Morgan fingerprint density at radius 1 is 0.531 bits per heavy atom. The molecule has 0 spiro atoms. The maximum absolute atomic E-state index is 4.52. The van der Waals surface area contributed by atoms with Gasteiger partial charge in [-0.3, -0.25) is 9.97 Å². The molecule has 4 heteroatoms. The Morgan fingerprint density at radius 2 is 1.12 bits per heavy atom. The zero-order valence-corrected chi connectivity index (χ0v) is 28.1. The van der Waals surface area contributed by atoms with Crippen molar-refractivity contribution in [1.29, 1.82) is 0 Å². The van der Waals surface area contributed by atoms with Crippen LogP contribution in [0, 0.1) is 0 Å². The van der Waals surface area contributed by atoms with Crippen molar-refractivity contribution in [1.82, 2.24) is 14.4 Å². The molecule has 0 atom stereocenters. The van der Waals surface area contributed by atoms with E-state index in [0.29, 0.717) is 0 Å². The summed E-state index contributed by atoms with van der Waals surface area (Å²) in [5, 5.41) is 4.80. The van der Waals surface area contributed by atoms with Crippen LogP contribution in [-0.2, 0) is 5.41 Å². The molecular weight excluding hydrogens is 597 g/mol. The van der Waals surface area contributed by atoms with E-state index < -0.39 is 0 Å². The number of benzene rings is 5. The van der Waals surface area contributed by atoms with Gasteiger partial charge in [-0.05, 0) is 70.3 Å². The number of pyridine rings is 2. The molecule has 1 aliphatic rings. The largest absolute Gasteiger partial charge is 0.310 e. The predicted molar refractivity (Wildman–Crippen MR) is 206 cm³/mol. The summed E-state index contributed by atoms with van der Waals surface area (Å²) in [5.74, 6) is 0. The van der Waals surface area contributed by atoms with Gasteiger partial charge >= 0.3 is 0 Å². The molecule has 0 unspecified atom stereocenters. The van der Waals surface area contributed by atoms with E-state index in [1.165, 1.54) is 60.4 Å². The maximum Gasteiger partial charge on any atom is 0.0725 e. The van der Waals surface area contributed by atoms with Crippen molar-refractivity contribution in [2.45, 2.75) is 33.1 Å². The summed E-state index contributed by atoms with van der Waals surface area (Å²) in [6.07, 6.45) is 7.74. The second kappa shape index (κ2) is 11.0. The standard InChI is InChI=1S/C43H30N4.C2H6/c1-43(2)37-14-8-6-13-31(37)32-17-16-28(24-38(32)43)46(39-15-9-7-12-30(39)27-10-4-3-5-11-27)29-22-35-33-18-20-44-25-40(33)47-41-26-45-21-19-34(41)36(23-29)42(35)47;1-2/h3-26H,1-2H3;1-2H3. The minimum absolute atomic E-state index is 0.114. The molecule has 0 saturated heterocycles. The second-order valence-electron chi connectivity index (χ2n) is 13.1. The molecule has 0 N–H and O–H groups in total. The van der Waals surface area contributed by atoms with Gasteiger partial charge < -0.3 is 9.30 Å². The zero-order chi connectivity index (χ0) is 33.3. The van der Waals surface area contributed by atoms with E-state index >= 15 is 0 Å². The summed E-state index contributed by atoms with van der Waals surface area (Å²) in [7, 11) is 0. The van der Waals surface area contributed by atoms with E-state index in [4.69, 9.17) is 0 Å². The smallest absolute Gasteiger partial charge is 0.0725 e. The highest BCUT2D eigenvalue weighted by Crippen LogP contribution is 2.52. The van der Waals surface area contributed by atoms with Crippen molar-refractivity contribution in [3.63, 3.8) is 0 Å². The molecule has 1 aliphatic carbocycles. The van der Waals surface area contributed by atoms with Crippen molar-refractivity contribution in [2.24, 2.45) is 0 Å². The molecule has 49 heavy (non-hydrogen) atoms. The van der Waals surface area contributed by atoms with Gasteiger partial charge in [0.1, 0.15) is 0 Å². The third-order valence-electron chi connectivity index (χ3n) is 10.3. The highest BCUT2D eigenvalue weighted by Gasteiger charge is 2.36. The molecule has 4 heterocycles. The van der Waals surface area contributed by atoms with E-state index in [1.807, 2.05) is 38.6 Å². The lowest BCUT2D eigenvalue weighted by atomic mass is 9.82. The minimum Gasteiger partial charge on any atom is -0.310 e. The van der Waals surface area contributed by atoms with Crippen LogP contribution in [-0.4, -0.2) is 14.4 Å². The molecule has 0 bridgehead atoms. The highest BCUT2D eigenvalue weighted by atomic mass is 15.1. The third-order valence-corrected chi connectivity index (χ3v) is 10.3. The van der Waals surface area contributed by atoms with Crippen LogP contribution in [0.4, 0.5) is 17.1 Å². The molecule has 0 amide bonds. The summed E-state index contributed by atoms with van der Waals surface area (Å²) < 4.78 is 2.33. The number of fused-ring (bicyclic) bond motifs is 9. The van der Waals surface area contributed by atoms with Crippen molar-refractivity contribution < 1.29 is 0 Å². The molecule has 0 saturated carbocycles.